The van der Waals surface area contributed by atoms with Crippen LogP contribution in [-0.2, 0) is 66.0 Å². The molecule has 526 valence electrons. The molecule has 12 atom stereocenters. The van der Waals surface area contributed by atoms with Gasteiger partial charge in [0.15, 0.2) is 12.6 Å². The van der Waals surface area contributed by atoms with E-state index in [0.717, 1.165) is 135 Å². The van der Waals surface area contributed by atoms with Gasteiger partial charge in [-0.25, -0.2) is 9.36 Å². The Morgan fingerprint density at radius 2 is 0.921 bits per heavy atom. The first-order chi connectivity index (χ1) is 43.3. The number of ether oxygens (including phenoxy) is 10. The Bertz CT molecular complexity index is 1730. The average molecular weight is 1290 g/mol. The monoisotopic (exact) mass is 1290 g/mol. The zero-order valence-electron chi connectivity index (χ0n) is 57.1. The topological polar surface area (TPSA) is 246 Å². The second kappa shape index (κ2) is 55.6. The molecular formula is C69H132NO18P. The summed E-state index contributed by atoms with van der Waals surface area (Å²) in [5, 5.41) is 25.4. The number of nitrogens with one attached hydrogen (secondary N) is 1. The number of hydrogen-bond donors (Lipinski definition) is 5. The second-order valence-electron chi connectivity index (χ2n) is 25.2. The van der Waals surface area contributed by atoms with Crippen molar-refractivity contribution in [1.82, 2.24) is 5.32 Å². The van der Waals surface area contributed by atoms with Crippen molar-refractivity contribution in [2.45, 2.75) is 358 Å². The van der Waals surface area contributed by atoms with Crippen LogP contribution in [0.15, 0.2) is 12.2 Å². The third kappa shape index (κ3) is 41.0. The summed E-state index contributed by atoms with van der Waals surface area (Å²) < 4.78 is 80.8. The summed E-state index contributed by atoms with van der Waals surface area (Å²) in [6, 6.07) is -1.21. The lowest BCUT2D eigenvalue weighted by atomic mass is 9.95. The van der Waals surface area contributed by atoms with E-state index in [1.165, 1.54) is 103 Å². The molecule has 5 N–H and O–H groups in total. The van der Waals surface area contributed by atoms with E-state index in [1.807, 2.05) is 0 Å². The molecule has 2 rings (SSSR count). The Morgan fingerprint density at radius 3 is 1.40 bits per heavy atom. The van der Waals surface area contributed by atoms with Crippen molar-refractivity contribution >= 4 is 19.7 Å². The standard InChI is InChI=1S/C69H132NO18P/c1-8-12-16-20-23-25-27-28-29-30-31-32-35-39-43-47-60(71)70-62-65(82-51-48-56(79-6)45-41-37-19-15-11-4)64(88-89(75,76)77)59(53-78-5)87-68(62)84-54-58-63(74)66(83-52-49-57(80-7)46-42-38-34-22-18-14-10-3)67(69(86-58)85-55-61(72)73)81-50-44-40-36-33-26-24-21-17-13-9-2/h25,27,56-59,62-69,74H,8-24,26,28-55H2,1-7H3,(H,70,71)(H,72,73)(H2,75,76,77)/b27-25-/t56-,57-,58-,59-,62-,63-,64-,65-,66+,67-,68-,69+/m1/s1. The highest BCUT2D eigenvalue weighted by Gasteiger charge is 2.53. The van der Waals surface area contributed by atoms with E-state index in [9.17, 15) is 34.2 Å². The van der Waals surface area contributed by atoms with Crippen LogP contribution in [0.25, 0.3) is 0 Å². The summed E-state index contributed by atoms with van der Waals surface area (Å²) in [7, 11) is -0.452. The van der Waals surface area contributed by atoms with Crippen molar-refractivity contribution in [2.24, 2.45) is 0 Å². The van der Waals surface area contributed by atoms with Gasteiger partial charge in [0, 0.05) is 47.6 Å². The summed E-state index contributed by atoms with van der Waals surface area (Å²) in [6.07, 6.45) is 35.1. The van der Waals surface area contributed by atoms with E-state index in [-0.39, 0.29) is 44.4 Å². The summed E-state index contributed by atoms with van der Waals surface area (Å²) in [4.78, 5) is 47.0. The van der Waals surface area contributed by atoms with Crippen molar-refractivity contribution in [3.05, 3.63) is 12.2 Å². The molecule has 2 heterocycles. The van der Waals surface area contributed by atoms with Crippen LogP contribution in [0.5, 0.6) is 0 Å². The molecule has 19 nitrogen and oxygen atoms in total. The molecule has 0 radical (unpaired) electrons. The van der Waals surface area contributed by atoms with E-state index in [4.69, 9.17) is 51.9 Å². The number of unbranched alkanes of at least 4 members (excludes halogenated alkanes) is 30. The lowest BCUT2D eigenvalue weighted by Crippen LogP contribution is -2.67. The maximum Gasteiger partial charge on any atom is 0.470 e. The van der Waals surface area contributed by atoms with Crippen LogP contribution in [0.4, 0.5) is 0 Å². The minimum atomic E-state index is -5.21. The number of phosphoric acid groups is 1. The Kier molecular flexibility index (Phi) is 52.1. The van der Waals surface area contributed by atoms with Gasteiger partial charge >= 0.3 is 13.8 Å². The van der Waals surface area contributed by atoms with E-state index < -0.39 is 88.4 Å². The molecule has 2 aliphatic heterocycles. The van der Waals surface area contributed by atoms with Gasteiger partial charge in [0.05, 0.1) is 25.4 Å². The van der Waals surface area contributed by atoms with Crippen molar-refractivity contribution in [1.29, 1.82) is 0 Å². The molecule has 20 heteroatoms. The predicted octanol–water partition coefficient (Wildman–Crippen LogP) is 14.9. The van der Waals surface area contributed by atoms with Gasteiger partial charge in [-0.2, -0.15) is 0 Å². The smallest absolute Gasteiger partial charge is 0.470 e. The largest absolute Gasteiger partial charge is 0.480 e. The van der Waals surface area contributed by atoms with Gasteiger partial charge < -0.3 is 72.7 Å². The van der Waals surface area contributed by atoms with Crippen molar-refractivity contribution in [2.75, 3.05) is 61.0 Å². The molecule has 0 aliphatic carbocycles. The lowest BCUT2D eigenvalue weighted by Gasteiger charge is -2.47. The molecule has 2 aliphatic rings. The molecule has 2 fully saturated rings. The Hall–Kier alpha value is -1.65. The summed E-state index contributed by atoms with van der Waals surface area (Å²) in [5.74, 6) is -1.58. The Balaban J connectivity index is 2.44. The second-order valence-corrected chi connectivity index (χ2v) is 26.3. The first kappa shape index (κ1) is 83.4. The fraction of sp³-hybridized carbons (Fsp3) is 0.942. The number of methoxy groups -OCH3 is 3. The normalized spacial score (nSPS) is 23.1. The number of aliphatic carboxylic acids is 1. The molecule has 0 spiro atoms. The third-order valence-electron chi connectivity index (χ3n) is 17.4. The van der Waals surface area contributed by atoms with Crippen LogP contribution < -0.4 is 5.32 Å². The van der Waals surface area contributed by atoms with Crippen LogP contribution in [0.3, 0.4) is 0 Å². The van der Waals surface area contributed by atoms with Gasteiger partial charge in [-0.15, -0.1) is 0 Å². The number of carbonyl (C=O) groups is 2. The van der Waals surface area contributed by atoms with E-state index in [1.54, 1.807) is 14.2 Å². The number of phosphoric ester groups is 1. The number of carboxylic acid groups (broad SMARTS) is 1. The SMILES string of the molecule is CCCCCC/C=C\CCCCCCCCCC(=O)N[C@H]1[C@H](OC[C@H]2O[C@H](OCC(=O)O)[C@H](OCCCCCCCCCCCC)[C@@H](OCC[C@@H](CCCCCCCCC)OC)[C@@H]2O)O[C@H](COC)[C@@H](OP(=O)(O)O)[C@@H]1OCC[C@@H](CCCCCCC)OC. The van der Waals surface area contributed by atoms with E-state index >= 15 is 0 Å². The molecule has 2 saturated heterocycles. The molecule has 1 amide bonds. The van der Waals surface area contributed by atoms with Crippen LogP contribution in [0.1, 0.15) is 285 Å². The average Bonchev–Trinajstić information content (AvgIpc) is 3.67. The zero-order chi connectivity index (χ0) is 65.0. The number of aliphatic hydroxyl groups is 1. The molecule has 0 aromatic carbocycles. The van der Waals surface area contributed by atoms with Crippen LogP contribution >= 0.6 is 7.82 Å². The lowest BCUT2D eigenvalue weighted by molar-refractivity contribution is -0.330. The molecule has 0 unspecified atom stereocenters. The first-order valence-corrected chi connectivity index (χ1v) is 37.3. The number of allylic oxidation sites excluding steroid dienone is 2. The molecule has 0 saturated carbocycles. The number of carboxylic acids is 1. The van der Waals surface area contributed by atoms with Gasteiger partial charge in [-0.1, -0.05) is 226 Å². The van der Waals surface area contributed by atoms with Crippen LogP contribution in [0, 0.1) is 0 Å². The number of amides is 1. The Labute approximate surface area is 540 Å². The van der Waals surface area contributed by atoms with Crippen LogP contribution in [-0.4, -0.2) is 166 Å². The minimum absolute atomic E-state index is 0.0723. The number of hydrogen-bond acceptors (Lipinski definition) is 15. The fourth-order valence-electron chi connectivity index (χ4n) is 12.0. The maximum atomic E-state index is 14.2. The van der Waals surface area contributed by atoms with Crippen molar-refractivity contribution in [3.8, 4) is 0 Å². The Morgan fingerprint density at radius 1 is 0.483 bits per heavy atom. The number of carbonyl (C=O) groups excluding carboxylic acids is 1. The maximum absolute atomic E-state index is 14.2. The molecule has 0 aromatic heterocycles. The molecule has 0 bridgehead atoms. The molecular weight excluding hydrogens is 1160 g/mol. The summed E-state index contributed by atoms with van der Waals surface area (Å²) >= 11 is 0. The van der Waals surface area contributed by atoms with Gasteiger partial charge in [0.25, 0.3) is 0 Å². The third-order valence-corrected chi connectivity index (χ3v) is 17.9. The highest BCUT2D eigenvalue weighted by atomic mass is 31.2. The number of rotatable bonds is 62. The first-order valence-electron chi connectivity index (χ1n) is 35.8. The summed E-state index contributed by atoms with van der Waals surface area (Å²) in [6.45, 7) is 8.07. The van der Waals surface area contributed by atoms with Crippen LogP contribution in [0.2, 0.25) is 0 Å². The highest BCUT2D eigenvalue weighted by Crippen LogP contribution is 2.43. The predicted molar refractivity (Wildman–Crippen MR) is 351 cm³/mol. The minimum Gasteiger partial charge on any atom is -0.480 e. The van der Waals surface area contributed by atoms with Gasteiger partial charge in [-0.05, 0) is 64.2 Å². The highest BCUT2D eigenvalue weighted by molar-refractivity contribution is 7.46. The molecule has 89 heavy (non-hydrogen) atoms. The van der Waals surface area contributed by atoms with Gasteiger partial charge in [-0.3, -0.25) is 9.32 Å². The molecule has 0 aromatic rings. The number of aliphatic hydroxyl groups excluding tert-OH is 1. The quantitative estimate of drug-likeness (QED) is 0.0216. The van der Waals surface area contributed by atoms with Gasteiger partial charge in [0.1, 0.15) is 55.4 Å². The van der Waals surface area contributed by atoms with Crippen molar-refractivity contribution in [3.63, 3.8) is 0 Å². The summed E-state index contributed by atoms with van der Waals surface area (Å²) in [5.41, 5.74) is 0. The van der Waals surface area contributed by atoms with E-state index in [2.05, 4.69) is 45.2 Å². The zero-order valence-corrected chi connectivity index (χ0v) is 58.0. The fourth-order valence-corrected chi connectivity index (χ4v) is 12.6. The van der Waals surface area contributed by atoms with E-state index in [0.29, 0.717) is 25.9 Å². The van der Waals surface area contributed by atoms with Gasteiger partial charge in [0.2, 0.25) is 5.91 Å². The van der Waals surface area contributed by atoms with Crippen molar-refractivity contribution < 1.29 is 86.0 Å².